The summed E-state index contributed by atoms with van der Waals surface area (Å²) < 4.78 is 1.24. The molecule has 128 valence electrons. The van der Waals surface area contributed by atoms with Crippen LogP contribution in [-0.4, -0.2) is 48.7 Å². The van der Waals surface area contributed by atoms with Gasteiger partial charge in [-0.05, 0) is 33.8 Å². The number of carboxylic acids is 1. The molecule has 0 aliphatic heterocycles. The zero-order valence-corrected chi connectivity index (χ0v) is 14.3. The van der Waals surface area contributed by atoms with Crippen molar-refractivity contribution in [3.63, 3.8) is 0 Å². The largest absolute Gasteiger partial charge is 0.480 e. The molecule has 0 radical (unpaired) electrons. The minimum Gasteiger partial charge on any atom is -0.480 e. The zero-order chi connectivity index (χ0) is 17.9. The summed E-state index contributed by atoms with van der Waals surface area (Å²) in [6.45, 7) is 7.62. The van der Waals surface area contributed by atoms with Gasteiger partial charge in [0.1, 0.15) is 12.9 Å². The van der Waals surface area contributed by atoms with E-state index in [2.05, 4.69) is 10.1 Å². The second kappa shape index (κ2) is 7.25. The summed E-state index contributed by atoms with van der Waals surface area (Å²) in [5, 5.41) is 13.0. The maximum absolute atomic E-state index is 13.0. The zero-order valence-electron chi connectivity index (χ0n) is 14.3. The molecular formula is C17H22N4O3. The number of amides is 1. The second-order valence-corrected chi connectivity index (χ2v) is 6.10. The van der Waals surface area contributed by atoms with Gasteiger partial charge in [-0.2, -0.15) is 5.10 Å². The lowest BCUT2D eigenvalue weighted by molar-refractivity contribution is -0.137. The molecule has 0 aliphatic rings. The van der Waals surface area contributed by atoms with Gasteiger partial charge in [-0.3, -0.25) is 9.59 Å². The fourth-order valence-electron chi connectivity index (χ4n) is 2.70. The first-order valence-electron chi connectivity index (χ1n) is 7.84. The topological polar surface area (TPSA) is 88.3 Å². The third kappa shape index (κ3) is 3.79. The van der Waals surface area contributed by atoms with Gasteiger partial charge in [-0.25, -0.2) is 9.67 Å². The average Bonchev–Trinajstić information content (AvgIpc) is 2.94. The fourth-order valence-corrected chi connectivity index (χ4v) is 2.70. The quantitative estimate of drug-likeness (QED) is 0.878. The third-order valence-electron chi connectivity index (χ3n) is 3.58. The Morgan fingerprint density at radius 1 is 1.17 bits per heavy atom. The van der Waals surface area contributed by atoms with Crippen molar-refractivity contribution in [3.8, 4) is 11.4 Å². The van der Waals surface area contributed by atoms with E-state index in [-0.39, 0.29) is 24.5 Å². The molecule has 0 bridgehead atoms. The van der Waals surface area contributed by atoms with Crippen LogP contribution in [0.3, 0.4) is 0 Å². The predicted octanol–water partition coefficient (Wildman–Crippen LogP) is 2.29. The van der Waals surface area contributed by atoms with Crippen molar-refractivity contribution < 1.29 is 14.7 Å². The van der Waals surface area contributed by atoms with Gasteiger partial charge in [0.15, 0.2) is 5.82 Å². The monoisotopic (exact) mass is 330 g/mol. The molecule has 0 atom stereocenters. The summed E-state index contributed by atoms with van der Waals surface area (Å²) in [7, 11) is 0. The number of hydrogen-bond acceptors (Lipinski definition) is 4. The summed E-state index contributed by atoms with van der Waals surface area (Å²) in [4.78, 5) is 29.7. The molecule has 1 amide bonds. The summed E-state index contributed by atoms with van der Waals surface area (Å²) in [5.74, 6) is -0.751. The predicted molar refractivity (Wildman–Crippen MR) is 89.5 cm³/mol. The molecule has 7 nitrogen and oxygen atoms in total. The lowest BCUT2D eigenvalue weighted by Crippen LogP contribution is -2.42. The summed E-state index contributed by atoms with van der Waals surface area (Å²) in [6.07, 6.45) is 1.35. The molecule has 1 aromatic heterocycles. The maximum Gasteiger partial charge on any atom is 0.325 e. The molecule has 1 N–H and O–H groups in total. The van der Waals surface area contributed by atoms with Crippen molar-refractivity contribution in [1.29, 1.82) is 0 Å². The van der Waals surface area contributed by atoms with Crippen LogP contribution in [0.25, 0.3) is 11.4 Å². The van der Waals surface area contributed by atoms with Gasteiger partial charge >= 0.3 is 5.97 Å². The Morgan fingerprint density at radius 2 is 1.79 bits per heavy atom. The van der Waals surface area contributed by atoms with E-state index in [1.807, 2.05) is 27.7 Å². The number of nitrogens with zero attached hydrogens (tertiary/aromatic N) is 4. The van der Waals surface area contributed by atoms with Crippen LogP contribution in [0.2, 0.25) is 0 Å². The molecule has 0 spiro atoms. The lowest BCUT2D eigenvalue weighted by Gasteiger charge is -2.31. The smallest absolute Gasteiger partial charge is 0.325 e. The molecule has 0 fully saturated rings. The van der Waals surface area contributed by atoms with Crippen molar-refractivity contribution in [2.24, 2.45) is 0 Å². The molecule has 7 heteroatoms. The van der Waals surface area contributed by atoms with Gasteiger partial charge in [-0.15, -0.1) is 0 Å². The highest BCUT2D eigenvalue weighted by Crippen LogP contribution is 2.23. The first-order valence-corrected chi connectivity index (χ1v) is 7.84. The molecule has 1 heterocycles. The van der Waals surface area contributed by atoms with Crippen molar-refractivity contribution >= 4 is 11.9 Å². The minimum absolute atomic E-state index is 0.0584. The van der Waals surface area contributed by atoms with E-state index < -0.39 is 5.97 Å². The van der Waals surface area contributed by atoms with Crippen LogP contribution in [0, 0.1) is 0 Å². The first kappa shape index (κ1) is 17.7. The Bertz CT molecular complexity index is 729. The van der Waals surface area contributed by atoms with Crippen LogP contribution in [0.1, 0.15) is 38.1 Å². The summed E-state index contributed by atoms with van der Waals surface area (Å²) in [5.41, 5.74) is 1.10. The SMILES string of the molecule is CC(C)N(C(=O)c1ccccc1-c1ncn(CC(=O)O)n1)C(C)C. The van der Waals surface area contributed by atoms with E-state index >= 15 is 0 Å². The number of rotatable bonds is 6. The number of aromatic nitrogens is 3. The average molecular weight is 330 g/mol. The molecular weight excluding hydrogens is 308 g/mol. The van der Waals surface area contributed by atoms with Crippen LogP contribution >= 0.6 is 0 Å². The fraction of sp³-hybridized carbons (Fsp3) is 0.412. The molecule has 24 heavy (non-hydrogen) atoms. The van der Waals surface area contributed by atoms with Crippen LogP contribution < -0.4 is 0 Å². The van der Waals surface area contributed by atoms with Crippen LogP contribution in [0.5, 0.6) is 0 Å². The Balaban J connectivity index is 2.42. The van der Waals surface area contributed by atoms with Gasteiger partial charge in [0.05, 0.1) is 5.56 Å². The maximum atomic E-state index is 13.0. The first-order chi connectivity index (χ1) is 11.3. The van der Waals surface area contributed by atoms with Gasteiger partial charge in [-0.1, -0.05) is 18.2 Å². The summed E-state index contributed by atoms with van der Waals surface area (Å²) in [6, 6.07) is 7.23. The number of hydrogen-bond donors (Lipinski definition) is 1. The molecule has 0 unspecified atom stereocenters. The second-order valence-electron chi connectivity index (χ2n) is 6.10. The molecule has 2 aromatic rings. The van der Waals surface area contributed by atoms with E-state index in [9.17, 15) is 9.59 Å². The molecule has 2 rings (SSSR count). The normalized spacial score (nSPS) is 11.1. The van der Waals surface area contributed by atoms with Crippen molar-refractivity contribution in [2.45, 2.75) is 46.3 Å². The van der Waals surface area contributed by atoms with E-state index in [1.165, 1.54) is 11.0 Å². The molecule has 0 aliphatic carbocycles. The van der Waals surface area contributed by atoms with E-state index in [0.717, 1.165) is 0 Å². The highest BCUT2D eigenvalue weighted by atomic mass is 16.4. The van der Waals surface area contributed by atoms with E-state index in [1.54, 1.807) is 29.2 Å². The number of carboxylic acid groups (broad SMARTS) is 1. The highest BCUT2D eigenvalue weighted by molar-refractivity contribution is 6.00. The van der Waals surface area contributed by atoms with Crippen LogP contribution in [0.4, 0.5) is 0 Å². The van der Waals surface area contributed by atoms with E-state index in [0.29, 0.717) is 17.0 Å². The van der Waals surface area contributed by atoms with Crippen molar-refractivity contribution in [1.82, 2.24) is 19.7 Å². The number of carbonyl (C=O) groups is 2. The van der Waals surface area contributed by atoms with Crippen LogP contribution in [0.15, 0.2) is 30.6 Å². The van der Waals surface area contributed by atoms with Gasteiger partial charge < -0.3 is 10.0 Å². The van der Waals surface area contributed by atoms with Crippen molar-refractivity contribution in [3.05, 3.63) is 36.2 Å². The van der Waals surface area contributed by atoms with Gasteiger partial charge in [0.2, 0.25) is 0 Å². The van der Waals surface area contributed by atoms with Crippen molar-refractivity contribution in [2.75, 3.05) is 0 Å². The van der Waals surface area contributed by atoms with E-state index in [4.69, 9.17) is 5.11 Å². The lowest BCUT2D eigenvalue weighted by atomic mass is 10.0. The minimum atomic E-state index is -0.999. The molecule has 0 saturated heterocycles. The van der Waals surface area contributed by atoms with Gasteiger partial charge in [0, 0.05) is 17.6 Å². The standard InChI is InChI=1S/C17H22N4O3/c1-11(2)21(12(3)4)17(24)14-8-6-5-7-13(14)16-18-10-20(19-16)9-15(22)23/h5-8,10-12H,9H2,1-4H3,(H,22,23). The number of benzene rings is 1. The molecule has 0 saturated carbocycles. The number of carbonyl (C=O) groups excluding carboxylic acids is 1. The number of aliphatic carboxylic acids is 1. The van der Waals surface area contributed by atoms with Crippen LogP contribution in [-0.2, 0) is 11.3 Å². The Hall–Kier alpha value is -2.70. The van der Waals surface area contributed by atoms with Gasteiger partial charge in [0.25, 0.3) is 5.91 Å². The molecule has 1 aromatic carbocycles. The Morgan fingerprint density at radius 3 is 2.38 bits per heavy atom. The third-order valence-corrected chi connectivity index (χ3v) is 3.58. The highest BCUT2D eigenvalue weighted by Gasteiger charge is 2.25. The Kier molecular flexibility index (Phi) is 5.33. The Labute approximate surface area is 140 Å². The summed E-state index contributed by atoms with van der Waals surface area (Å²) >= 11 is 0.